The van der Waals surface area contributed by atoms with E-state index in [1.807, 2.05) is 0 Å². The van der Waals surface area contributed by atoms with Gasteiger partial charge < -0.3 is 19.8 Å². The maximum atomic E-state index is 13.6. The van der Waals surface area contributed by atoms with Gasteiger partial charge >= 0.3 is 12.1 Å². The summed E-state index contributed by atoms with van der Waals surface area (Å²) in [7, 11) is 1.16. The van der Waals surface area contributed by atoms with Crippen molar-refractivity contribution in [1.82, 2.24) is 0 Å². The Bertz CT molecular complexity index is 1120. The number of carbonyl (C=O) groups excluding carboxylic acids is 3. The Labute approximate surface area is 173 Å². The van der Waals surface area contributed by atoms with Crippen LogP contribution in [0.25, 0.3) is 0 Å². The highest BCUT2D eigenvalue weighted by molar-refractivity contribution is 6.06. The van der Waals surface area contributed by atoms with E-state index in [2.05, 4.69) is 15.4 Å². The van der Waals surface area contributed by atoms with Gasteiger partial charge in [0.2, 0.25) is 0 Å². The first kappa shape index (κ1) is 21.6. The average Bonchev–Trinajstić information content (AvgIpc) is 3.28. The molecule has 0 radical (unpaired) electrons. The largest absolute Gasteiger partial charge is 0.465 e. The van der Waals surface area contributed by atoms with Crippen molar-refractivity contribution in [2.45, 2.75) is 6.18 Å². The van der Waals surface area contributed by atoms with Crippen LogP contribution in [0.2, 0.25) is 0 Å². The Kier molecular flexibility index (Phi) is 6.10. The number of anilines is 2. The lowest BCUT2D eigenvalue weighted by atomic mass is 10.1. The Morgan fingerprint density at radius 1 is 0.903 bits per heavy atom. The van der Waals surface area contributed by atoms with E-state index in [1.165, 1.54) is 48.7 Å². The van der Waals surface area contributed by atoms with Crippen LogP contribution in [0.15, 0.2) is 65.3 Å². The van der Waals surface area contributed by atoms with Crippen molar-refractivity contribution in [3.63, 3.8) is 0 Å². The second kappa shape index (κ2) is 8.74. The van der Waals surface area contributed by atoms with E-state index >= 15 is 0 Å². The molecule has 3 rings (SSSR count). The van der Waals surface area contributed by atoms with Crippen LogP contribution in [0.3, 0.4) is 0 Å². The van der Waals surface area contributed by atoms with Crippen molar-refractivity contribution in [3.05, 3.63) is 83.3 Å². The van der Waals surface area contributed by atoms with Crippen molar-refractivity contribution in [3.8, 4) is 0 Å². The zero-order valence-corrected chi connectivity index (χ0v) is 15.9. The van der Waals surface area contributed by atoms with Crippen molar-refractivity contribution in [1.29, 1.82) is 0 Å². The van der Waals surface area contributed by atoms with Gasteiger partial charge in [-0.3, -0.25) is 9.59 Å². The normalized spacial score (nSPS) is 11.0. The van der Waals surface area contributed by atoms with Crippen LogP contribution < -0.4 is 10.6 Å². The van der Waals surface area contributed by atoms with Gasteiger partial charge in [0, 0.05) is 11.3 Å². The molecule has 2 aromatic carbocycles. The Morgan fingerprint density at radius 2 is 1.65 bits per heavy atom. The zero-order valence-electron chi connectivity index (χ0n) is 15.9. The third-order valence-electron chi connectivity index (χ3n) is 4.12. The molecule has 0 unspecified atom stereocenters. The van der Waals surface area contributed by atoms with Crippen LogP contribution in [-0.4, -0.2) is 24.9 Å². The minimum absolute atomic E-state index is 0.0359. The van der Waals surface area contributed by atoms with E-state index in [0.29, 0.717) is 6.07 Å². The number of ether oxygens (including phenoxy) is 1. The van der Waals surface area contributed by atoms with Crippen LogP contribution in [0.5, 0.6) is 0 Å². The molecule has 3 aromatic rings. The summed E-state index contributed by atoms with van der Waals surface area (Å²) in [6, 6.07) is 11.1. The molecule has 0 aliphatic rings. The van der Waals surface area contributed by atoms with Gasteiger partial charge in [-0.05, 0) is 48.5 Å². The third kappa shape index (κ3) is 5.10. The Hall–Kier alpha value is -4.08. The molecule has 0 spiro atoms. The second-order valence-electron chi connectivity index (χ2n) is 6.22. The highest BCUT2D eigenvalue weighted by Gasteiger charge is 2.34. The number of nitrogens with one attached hydrogen (secondary N) is 2. The minimum atomic E-state index is -4.82. The number of carbonyl (C=O) groups is 3. The minimum Gasteiger partial charge on any atom is -0.465 e. The van der Waals surface area contributed by atoms with E-state index in [9.17, 15) is 27.6 Å². The van der Waals surface area contributed by atoms with Gasteiger partial charge in [0.05, 0.1) is 30.2 Å². The van der Waals surface area contributed by atoms with Crippen molar-refractivity contribution in [2.24, 2.45) is 0 Å². The summed E-state index contributed by atoms with van der Waals surface area (Å²) in [5.41, 5.74) is -1.79. The van der Waals surface area contributed by atoms with Crippen LogP contribution in [0.4, 0.5) is 24.5 Å². The fourth-order valence-electron chi connectivity index (χ4n) is 2.67. The number of amides is 2. The fraction of sp³-hybridized carbons (Fsp3) is 0.0952. The van der Waals surface area contributed by atoms with Gasteiger partial charge in [-0.2, -0.15) is 13.2 Å². The van der Waals surface area contributed by atoms with Crippen LogP contribution in [0, 0.1) is 0 Å². The lowest BCUT2D eigenvalue weighted by Gasteiger charge is -2.16. The van der Waals surface area contributed by atoms with E-state index in [0.717, 1.165) is 13.2 Å². The molecule has 160 valence electrons. The SMILES string of the molecule is COC(=O)c1cccc(C(=O)Nc2ccc(NC(=O)c3ccco3)cc2C(F)(F)F)c1. The standard InChI is InChI=1S/C21H15F3N2O5/c1-30-20(29)13-5-2-4-12(10-13)18(27)26-16-8-7-14(11-15(16)21(22,23)24)25-19(28)17-6-3-9-31-17/h2-11H,1H3,(H,25,28)(H,26,27). The molecule has 0 saturated carbocycles. The molecule has 31 heavy (non-hydrogen) atoms. The van der Waals surface area contributed by atoms with Gasteiger partial charge in [0.25, 0.3) is 11.8 Å². The number of methoxy groups -OCH3 is 1. The smallest absolute Gasteiger partial charge is 0.418 e. The summed E-state index contributed by atoms with van der Waals surface area (Å²) in [6.45, 7) is 0. The number of halogens is 3. The summed E-state index contributed by atoms with van der Waals surface area (Å²) in [6.07, 6.45) is -3.56. The van der Waals surface area contributed by atoms with E-state index < -0.39 is 35.2 Å². The molecule has 7 nitrogen and oxygen atoms in total. The van der Waals surface area contributed by atoms with Crippen LogP contribution in [0.1, 0.15) is 36.8 Å². The summed E-state index contributed by atoms with van der Waals surface area (Å²) < 4.78 is 50.2. The number of benzene rings is 2. The number of hydrogen-bond acceptors (Lipinski definition) is 5. The predicted molar refractivity (Wildman–Crippen MR) is 104 cm³/mol. The molecule has 10 heteroatoms. The third-order valence-corrected chi connectivity index (χ3v) is 4.12. The zero-order chi connectivity index (χ0) is 22.6. The van der Waals surface area contributed by atoms with Crippen LogP contribution in [-0.2, 0) is 10.9 Å². The number of esters is 1. The number of furan rings is 1. The van der Waals surface area contributed by atoms with Crippen molar-refractivity contribution < 1.29 is 36.7 Å². The highest BCUT2D eigenvalue weighted by Crippen LogP contribution is 2.37. The quantitative estimate of drug-likeness (QED) is 0.575. The summed E-state index contributed by atoms with van der Waals surface area (Å²) in [5.74, 6) is -2.35. The molecule has 0 bridgehead atoms. The molecule has 1 heterocycles. The molecular formula is C21H15F3N2O5. The monoisotopic (exact) mass is 432 g/mol. The van der Waals surface area contributed by atoms with Gasteiger partial charge in [-0.15, -0.1) is 0 Å². The highest BCUT2D eigenvalue weighted by atomic mass is 19.4. The first-order valence-electron chi connectivity index (χ1n) is 8.75. The van der Waals surface area contributed by atoms with E-state index in [-0.39, 0.29) is 22.6 Å². The average molecular weight is 432 g/mol. The molecule has 2 amide bonds. The summed E-state index contributed by atoms with van der Waals surface area (Å²) in [5, 5.41) is 4.48. The summed E-state index contributed by atoms with van der Waals surface area (Å²) >= 11 is 0. The van der Waals surface area contributed by atoms with Crippen molar-refractivity contribution >= 4 is 29.2 Å². The lowest BCUT2D eigenvalue weighted by Crippen LogP contribution is -2.18. The Morgan fingerprint density at radius 3 is 2.29 bits per heavy atom. The number of rotatable bonds is 5. The number of hydrogen-bond donors (Lipinski definition) is 2. The van der Waals surface area contributed by atoms with Gasteiger partial charge in [-0.1, -0.05) is 6.07 Å². The molecule has 2 N–H and O–H groups in total. The molecule has 0 saturated heterocycles. The molecule has 0 fully saturated rings. The molecule has 0 aliphatic heterocycles. The lowest BCUT2D eigenvalue weighted by molar-refractivity contribution is -0.136. The topological polar surface area (TPSA) is 97.6 Å². The summed E-state index contributed by atoms with van der Waals surface area (Å²) in [4.78, 5) is 36.1. The van der Waals surface area contributed by atoms with Gasteiger partial charge in [-0.25, -0.2) is 4.79 Å². The van der Waals surface area contributed by atoms with Gasteiger partial charge in [0.15, 0.2) is 5.76 Å². The van der Waals surface area contributed by atoms with E-state index in [4.69, 9.17) is 4.42 Å². The maximum Gasteiger partial charge on any atom is 0.418 e. The molecule has 0 atom stereocenters. The van der Waals surface area contributed by atoms with Crippen LogP contribution >= 0.6 is 0 Å². The van der Waals surface area contributed by atoms with Gasteiger partial charge in [0.1, 0.15) is 0 Å². The molecule has 1 aromatic heterocycles. The van der Waals surface area contributed by atoms with Crippen molar-refractivity contribution in [2.75, 3.05) is 17.7 Å². The second-order valence-corrected chi connectivity index (χ2v) is 6.22. The number of alkyl halides is 3. The first-order chi connectivity index (χ1) is 14.7. The predicted octanol–water partition coefficient (Wildman–Crippen LogP) is 4.59. The maximum absolute atomic E-state index is 13.6. The fourth-order valence-corrected chi connectivity index (χ4v) is 2.67. The molecule has 0 aliphatic carbocycles. The molecular weight excluding hydrogens is 417 g/mol. The van der Waals surface area contributed by atoms with E-state index in [1.54, 1.807) is 0 Å². The first-order valence-corrected chi connectivity index (χ1v) is 8.75. The Balaban J connectivity index is 1.86.